The van der Waals surface area contributed by atoms with E-state index in [1.807, 2.05) is 0 Å². The van der Waals surface area contributed by atoms with Crippen LogP contribution in [0.2, 0.25) is 0 Å². The van der Waals surface area contributed by atoms with E-state index in [-0.39, 0.29) is 18.0 Å². The molecule has 0 aliphatic carbocycles. The fourth-order valence-corrected chi connectivity index (χ4v) is 2.04. The predicted molar refractivity (Wildman–Crippen MR) is 57.2 cm³/mol. The number of ether oxygens (including phenoxy) is 1. The maximum atomic E-state index is 11.4. The average Bonchev–Trinajstić information content (AvgIpc) is 2.84. The number of hydrogen-bond acceptors (Lipinski definition) is 4. The second kappa shape index (κ2) is 4.65. The van der Waals surface area contributed by atoms with E-state index in [0.717, 1.165) is 13.0 Å². The third-order valence-corrected chi connectivity index (χ3v) is 2.98. The Morgan fingerprint density at radius 2 is 2.25 bits per heavy atom. The topological polar surface area (TPSA) is 72.6 Å². The highest BCUT2D eigenvalue weighted by molar-refractivity contribution is 5.90. The molecular formula is C11H16N2O3. The molecule has 0 aromatic heterocycles. The third kappa shape index (κ3) is 2.24. The molecule has 2 heterocycles. The van der Waals surface area contributed by atoms with Crippen molar-refractivity contribution in [1.82, 2.24) is 4.90 Å². The fraction of sp³-hybridized carbons (Fsp3) is 0.636. The molecule has 0 radical (unpaired) electrons. The zero-order valence-electron chi connectivity index (χ0n) is 9.15. The smallest absolute Gasteiger partial charge is 0.333 e. The highest BCUT2D eigenvalue weighted by Crippen LogP contribution is 2.17. The van der Waals surface area contributed by atoms with Crippen LogP contribution in [-0.2, 0) is 14.3 Å². The Hall–Kier alpha value is -1.36. The fourth-order valence-electron chi connectivity index (χ4n) is 2.04. The van der Waals surface area contributed by atoms with Gasteiger partial charge < -0.3 is 15.4 Å². The van der Waals surface area contributed by atoms with Crippen molar-refractivity contribution in [2.45, 2.75) is 31.8 Å². The summed E-state index contributed by atoms with van der Waals surface area (Å²) >= 11 is 0. The lowest BCUT2D eigenvalue weighted by molar-refractivity contribution is -0.135. The Balaban J connectivity index is 1.89. The molecule has 2 N–H and O–H groups in total. The van der Waals surface area contributed by atoms with Gasteiger partial charge in [0.15, 0.2) is 0 Å². The SMILES string of the molecule is NC(C/C=C1\CCOC1=O)N1CCCC1=O. The average molecular weight is 224 g/mol. The molecule has 0 spiro atoms. The first kappa shape index (κ1) is 11.1. The zero-order valence-corrected chi connectivity index (χ0v) is 9.15. The van der Waals surface area contributed by atoms with Crippen LogP contribution in [0.4, 0.5) is 0 Å². The minimum absolute atomic E-state index is 0.111. The molecule has 0 saturated carbocycles. The van der Waals surface area contributed by atoms with E-state index in [1.165, 1.54) is 0 Å². The van der Waals surface area contributed by atoms with E-state index in [9.17, 15) is 9.59 Å². The number of nitrogens with zero attached hydrogens (tertiary/aromatic N) is 1. The molecule has 1 amide bonds. The second-order valence-corrected chi connectivity index (χ2v) is 4.11. The molecule has 0 aromatic rings. The molecule has 2 saturated heterocycles. The molecule has 2 fully saturated rings. The van der Waals surface area contributed by atoms with Gasteiger partial charge in [-0.05, 0) is 12.8 Å². The Morgan fingerprint density at radius 3 is 2.81 bits per heavy atom. The van der Waals surface area contributed by atoms with Crippen LogP contribution in [0.25, 0.3) is 0 Å². The zero-order chi connectivity index (χ0) is 11.5. The van der Waals surface area contributed by atoms with Gasteiger partial charge in [-0.15, -0.1) is 0 Å². The first-order chi connectivity index (χ1) is 7.68. The maximum absolute atomic E-state index is 11.4. The van der Waals surface area contributed by atoms with Gasteiger partial charge in [-0.2, -0.15) is 0 Å². The van der Waals surface area contributed by atoms with Crippen LogP contribution in [0.5, 0.6) is 0 Å². The van der Waals surface area contributed by atoms with Crippen molar-refractivity contribution in [1.29, 1.82) is 0 Å². The largest absolute Gasteiger partial charge is 0.462 e. The molecule has 0 aromatic carbocycles. The highest BCUT2D eigenvalue weighted by Gasteiger charge is 2.25. The molecule has 2 aliphatic rings. The number of esters is 1. The van der Waals surface area contributed by atoms with Crippen LogP contribution >= 0.6 is 0 Å². The van der Waals surface area contributed by atoms with Crippen LogP contribution in [-0.4, -0.2) is 36.1 Å². The van der Waals surface area contributed by atoms with E-state index in [1.54, 1.807) is 11.0 Å². The van der Waals surface area contributed by atoms with Gasteiger partial charge in [-0.1, -0.05) is 6.08 Å². The van der Waals surface area contributed by atoms with Gasteiger partial charge >= 0.3 is 5.97 Å². The van der Waals surface area contributed by atoms with Crippen molar-refractivity contribution in [2.24, 2.45) is 5.73 Å². The first-order valence-corrected chi connectivity index (χ1v) is 5.59. The Labute approximate surface area is 94.2 Å². The summed E-state index contributed by atoms with van der Waals surface area (Å²) < 4.78 is 4.82. The van der Waals surface area contributed by atoms with Gasteiger partial charge in [0.05, 0.1) is 12.8 Å². The summed E-state index contributed by atoms with van der Waals surface area (Å²) in [4.78, 5) is 24.2. The molecule has 0 bridgehead atoms. The van der Waals surface area contributed by atoms with Crippen molar-refractivity contribution in [2.75, 3.05) is 13.2 Å². The number of carbonyl (C=O) groups excluding carboxylic acids is 2. The van der Waals surface area contributed by atoms with Gasteiger partial charge in [-0.3, -0.25) is 4.79 Å². The first-order valence-electron chi connectivity index (χ1n) is 5.59. The lowest BCUT2D eigenvalue weighted by Gasteiger charge is -2.22. The van der Waals surface area contributed by atoms with Gasteiger partial charge in [0.1, 0.15) is 0 Å². The molecule has 1 atom stereocenters. The normalized spacial score (nSPS) is 25.3. The van der Waals surface area contributed by atoms with E-state index < -0.39 is 0 Å². The van der Waals surface area contributed by atoms with E-state index in [2.05, 4.69) is 0 Å². The van der Waals surface area contributed by atoms with Gasteiger partial charge in [0.25, 0.3) is 0 Å². The number of rotatable bonds is 3. The summed E-state index contributed by atoms with van der Waals surface area (Å²) in [6.07, 6.45) is 4.13. The second-order valence-electron chi connectivity index (χ2n) is 4.11. The van der Waals surface area contributed by atoms with Crippen molar-refractivity contribution in [3.8, 4) is 0 Å². The number of cyclic esters (lactones) is 1. The van der Waals surface area contributed by atoms with Gasteiger partial charge in [0, 0.05) is 25.0 Å². The van der Waals surface area contributed by atoms with Crippen LogP contribution in [0.1, 0.15) is 25.7 Å². The number of likely N-dealkylation sites (tertiary alicyclic amines) is 1. The molecule has 88 valence electrons. The standard InChI is InChI=1S/C11H16N2O3/c12-9(13-6-1-2-10(13)14)4-3-8-5-7-16-11(8)15/h3,9H,1-2,4-7,12H2/b8-3+. The van der Waals surface area contributed by atoms with Crippen molar-refractivity contribution < 1.29 is 14.3 Å². The van der Waals surface area contributed by atoms with Gasteiger partial charge in [-0.25, -0.2) is 4.79 Å². The third-order valence-electron chi connectivity index (χ3n) is 2.98. The quantitative estimate of drug-likeness (QED) is 0.547. The summed E-state index contributed by atoms with van der Waals surface area (Å²) in [6.45, 7) is 1.19. The minimum Gasteiger partial charge on any atom is -0.462 e. The lowest BCUT2D eigenvalue weighted by atomic mass is 10.1. The lowest BCUT2D eigenvalue weighted by Crippen LogP contribution is -2.42. The van der Waals surface area contributed by atoms with Gasteiger partial charge in [0.2, 0.25) is 5.91 Å². The van der Waals surface area contributed by atoms with E-state index >= 15 is 0 Å². The summed E-state index contributed by atoms with van der Waals surface area (Å²) in [6, 6.07) is 0. The van der Waals surface area contributed by atoms with Crippen molar-refractivity contribution in [3.63, 3.8) is 0 Å². The number of amides is 1. The molecule has 5 heteroatoms. The van der Waals surface area contributed by atoms with Crippen LogP contribution in [0.15, 0.2) is 11.6 Å². The summed E-state index contributed by atoms with van der Waals surface area (Å²) in [5.74, 6) is -0.139. The van der Waals surface area contributed by atoms with Crippen molar-refractivity contribution in [3.05, 3.63) is 11.6 Å². The Kier molecular flexibility index (Phi) is 3.24. The molecule has 5 nitrogen and oxygen atoms in total. The summed E-state index contributed by atoms with van der Waals surface area (Å²) in [7, 11) is 0. The van der Waals surface area contributed by atoms with Crippen molar-refractivity contribution >= 4 is 11.9 Å². The van der Waals surface area contributed by atoms with Crippen LogP contribution < -0.4 is 5.73 Å². The van der Waals surface area contributed by atoms with E-state index in [4.69, 9.17) is 10.5 Å². The predicted octanol–water partition coefficient (Wildman–Crippen LogP) is 0.157. The molecule has 2 rings (SSSR count). The summed E-state index contributed by atoms with van der Waals surface area (Å²) in [5, 5.41) is 0. The Morgan fingerprint density at radius 1 is 1.44 bits per heavy atom. The van der Waals surface area contributed by atoms with Crippen LogP contribution in [0, 0.1) is 0 Å². The maximum Gasteiger partial charge on any atom is 0.333 e. The number of carbonyl (C=O) groups is 2. The van der Waals surface area contributed by atoms with E-state index in [0.29, 0.717) is 31.4 Å². The van der Waals surface area contributed by atoms with Crippen LogP contribution in [0.3, 0.4) is 0 Å². The minimum atomic E-state index is -0.309. The number of hydrogen-bond donors (Lipinski definition) is 1. The number of nitrogens with two attached hydrogens (primary N) is 1. The summed E-state index contributed by atoms with van der Waals surface area (Å²) in [5.41, 5.74) is 6.58. The monoisotopic (exact) mass is 224 g/mol. The molecule has 16 heavy (non-hydrogen) atoms. The molecule has 1 unspecified atom stereocenters. The highest BCUT2D eigenvalue weighted by atomic mass is 16.5. The Bertz CT molecular complexity index is 338. The molecule has 2 aliphatic heterocycles. The molecular weight excluding hydrogens is 208 g/mol.